The molecule has 0 aliphatic carbocycles. The molecule has 0 heterocycles. The zero-order valence-electron chi connectivity index (χ0n) is 18.4. The van der Waals surface area contributed by atoms with Gasteiger partial charge in [0.2, 0.25) is 5.96 Å². The van der Waals surface area contributed by atoms with Gasteiger partial charge in [-0.15, -0.1) is 0 Å². The normalized spacial score (nSPS) is 15.0. The van der Waals surface area contributed by atoms with Crippen molar-refractivity contribution in [3.05, 3.63) is 65.5 Å². The molecule has 0 saturated carbocycles. The van der Waals surface area contributed by atoms with Crippen molar-refractivity contribution < 1.29 is 17.6 Å². The Morgan fingerprint density at radius 2 is 1.78 bits per heavy atom. The van der Waals surface area contributed by atoms with Crippen LogP contribution in [0, 0.1) is 5.82 Å². The molecular weight excluding hydrogens is 433 g/mol. The predicted octanol–water partition coefficient (Wildman–Crippen LogP) is 2.08. The Balaban J connectivity index is 2.18. The minimum absolute atomic E-state index is 0.00521. The van der Waals surface area contributed by atoms with Crippen LogP contribution in [-0.4, -0.2) is 38.7 Å². The number of guanidine groups is 1. The molecule has 2 rings (SSSR count). The van der Waals surface area contributed by atoms with Crippen molar-refractivity contribution in [1.82, 2.24) is 10.6 Å². The van der Waals surface area contributed by atoms with Crippen LogP contribution in [0.4, 0.5) is 4.39 Å². The summed E-state index contributed by atoms with van der Waals surface area (Å²) in [5.74, 6) is -0.814. The molecule has 0 aliphatic heterocycles. The number of hydrogen-bond donors (Lipinski definition) is 4. The molecule has 0 radical (unpaired) electrons. The number of rotatable bonds is 8. The van der Waals surface area contributed by atoms with Crippen molar-refractivity contribution in [2.45, 2.75) is 49.8 Å². The van der Waals surface area contributed by atoms with Gasteiger partial charge in [-0.3, -0.25) is 4.79 Å². The smallest absolute Gasteiger partial charge is 0.280 e. The van der Waals surface area contributed by atoms with Gasteiger partial charge in [-0.1, -0.05) is 25.1 Å². The first kappa shape index (κ1) is 25.4. The number of sulfone groups is 1. The fraction of sp³-hybridized carbons (Fsp3) is 0.364. The highest BCUT2D eigenvalue weighted by molar-refractivity contribution is 7.90. The summed E-state index contributed by atoms with van der Waals surface area (Å²) in [4.78, 5) is 16.8. The fourth-order valence-corrected chi connectivity index (χ4v) is 3.49. The average Bonchev–Trinajstić information content (AvgIpc) is 2.73. The molecular formula is C22H30FN5O3S. The third kappa shape index (κ3) is 7.70. The first-order chi connectivity index (χ1) is 15.0. The number of carbonyl (C=O) groups excluding carboxylic acids is 1. The second-order valence-electron chi connectivity index (χ2n) is 7.66. The molecule has 0 saturated heterocycles. The lowest BCUT2D eigenvalue weighted by Crippen LogP contribution is -2.51. The summed E-state index contributed by atoms with van der Waals surface area (Å²) >= 11 is 0. The number of nitrogens with one attached hydrogen (secondary N) is 2. The maximum absolute atomic E-state index is 13.1. The minimum atomic E-state index is -3.46. The van der Waals surface area contributed by atoms with Crippen LogP contribution in [0.25, 0.3) is 0 Å². The number of hydrogen-bond acceptors (Lipinski definition) is 5. The van der Waals surface area contributed by atoms with Crippen LogP contribution in [0.2, 0.25) is 0 Å². The molecule has 3 atom stereocenters. The second-order valence-corrected chi connectivity index (χ2v) is 9.68. The van der Waals surface area contributed by atoms with Crippen molar-refractivity contribution in [1.29, 1.82) is 0 Å². The van der Waals surface area contributed by atoms with E-state index in [1.807, 2.05) is 13.8 Å². The Hall–Kier alpha value is -2.82. The van der Waals surface area contributed by atoms with E-state index in [2.05, 4.69) is 15.6 Å². The van der Waals surface area contributed by atoms with Gasteiger partial charge >= 0.3 is 0 Å². The third-order valence-electron chi connectivity index (χ3n) is 4.85. The lowest BCUT2D eigenvalue weighted by Gasteiger charge is -2.23. The van der Waals surface area contributed by atoms with Gasteiger partial charge in [0.15, 0.2) is 9.84 Å². The Morgan fingerprint density at radius 3 is 2.38 bits per heavy atom. The van der Waals surface area contributed by atoms with Gasteiger partial charge < -0.3 is 22.1 Å². The number of aliphatic imine (C=N–C) groups is 1. The zero-order chi connectivity index (χ0) is 23.9. The standard InChI is InChI=1S/C22H30FN5O3S/c1-4-14(2)26-22(27-20(25)13-19(24)15-8-10-17(23)11-9-15)28-21(29)16-6-5-7-18(12-16)32(3,30)31/h5-12,14,19-20H,4,13,24-25H2,1-3H3,(H2,26,27,28,29). The topological polar surface area (TPSA) is 140 Å². The first-order valence-corrected chi connectivity index (χ1v) is 12.1. The number of nitrogens with two attached hydrogens (primary N) is 2. The van der Waals surface area contributed by atoms with Gasteiger partial charge in [0, 0.05) is 23.9 Å². The molecule has 0 spiro atoms. The van der Waals surface area contributed by atoms with Crippen LogP contribution in [0.5, 0.6) is 0 Å². The number of amides is 1. The average molecular weight is 464 g/mol. The minimum Gasteiger partial charge on any atom is -0.354 e. The summed E-state index contributed by atoms with van der Waals surface area (Å²) in [6.45, 7) is 3.89. The van der Waals surface area contributed by atoms with E-state index in [0.29, 0.717) is 6.42 Å². The maximum atomic E-state index is 13.1. The maximum Gasteiger partial charge on any atom is 0.280 e. The highest BCUT2D eigenvalue weighted by Gasteiger charge is 2.17. The summed E-state index contributed by atoms with van der Waals surface area (Å²) in [6.07, 6.45) is 1.48. The van der Waals surface area contributed by atoms with Gasteiger partial charge in [0.1, 0.15) is 5.82 Å². The summed E-state index contributed by atoms with van der Waals surface area (Å²) in [7, 11) is -3.46. The molecule has 0 aliphatic rings. The molecule has 174 valence electrons. The van der Waals surface area contributed by atoms with Gasteiger partial charge in [0.05, 0.1) is 11.1 Å². The fourth-order valence-electron chi connectivity index (χ4n) is 2.82. The van der Waals surface area contributed by atoms with Crippen LogP contribution in [0.1, 0.15) is 48.7 Å². The van der Waals surface area contributed by atoms with Crippen LogP contribution in [0.15, 0.2) is 58.4 Å². The van der Waals surface area contributed by atoms with Crippen molar-refractivity contribution in [2.75, 3.05) is 6.26 Å². The Kier molecular flexibility index (Phi) is 8.88. The Morgan fingerprint density at radius 1 is 1.12 bits per heavy atom. The molecule has 3 unspecified atom stereocenters. The molecule has 32 heavy (non-hydrogen) atoms. The van der Waals surface area contributed by atoms with E-state index < -0.39 is 28.0 Å². The molecule has 0 fully saturated rings. The molecule has 0 aromatic heterocycles. The third-order valence-corrected chi connectivity index (χ3v) is 5.96. The van der Waals surface area contributed by atoms with Crippen LogP contribution >= 0.6 is 0 Å². The lowest BCUT2D eigenvalue weighted by atomic mass is 10.0. The molecule has 8 nitrogen and oxygen atoms in total. The van der Waals surface area contributed by atoms with Crippen molar-refractivity contribution in [2.24, 2.45) is 16.5 Å². The molecule has 2 aromatic rings. The zero-order valence-corrected chi connectivity index (χ0v) is 19.2. The van der Waals surface area contributed by atoms with E-state index in [0.717, 1.165) is 18.2 Å². The van der Waals surface area contributed by atoms with E-state index in [-0.39, 0.29) is 28.3 Å². The molecule has 2 aromatic carbocycles. The Bertz CT molecular complexity index is 1060. The predicted molar refractivity (Wildman–Crippen MR) is 123 cm³/mol. The molecule has 0 bridgehead atoms. The van der Waals surface area contributed by atoms with Crippen LogP contribution in [-0.2, 0) is 9.84 Å². The van der Waals surface area contributed by atoms with E-state index in [1.165, 1.54) is 36.4 Å². The van der Waals surface area contributed by atoms with Gasteiger partial charge in [-0.25, -0.2) is 12.8 Å². The number of nitrogens with zero attached hydrogens (tertiary/aromatic N) is 1. The van der Waals surface area contributed by atoms with Gasteiger partial charge in [-0.2, -0.15) is 4.99 Å². The first-order valence-electron chi connectivity index (χ1n) is 10.2. The number of halogens is 1. The monoisotopic (exact) mass is 463 g/mol. The van der Waals surface area contributed by atoms with Crippen molar-refractivity contribution in [3.8, 4) is 0 Å². The van der Waals surface area contributed by atoms with Gasteiger partial charge in [0.25, 0.3) is 5.91 Å². The lowest BCUT2D eigenvalue weighted by molar-refractivity contribution is 0.100. The SMILES string of the molecule is CCC(C)N/C(=N/C(=O)c1cccc(S(C)(=O)=O)c1)NC(N)CC(N)c1ccc(F)cc1. The van der Waals surface area contributed by atoms with Gasteiger partial charge in [-0.05, 0) is 55.7 Å². The van der Waals surface area contributed by atoms with Crippen molar-refractivity contribution in [3.63, 3.8) is 0 Å². The van der Waals surface area contributed by atoms with Crippen LogP contribution < -0.4 is 22.1 Å². The quantitative estimate of drug-likeness (QED) is 0.267. The summed E-state index contributed by atoms with van der Waals surface area (Å²) in [5, 5.41) is 6.06. The van der Waals surface area contributed by atoms with Crippen molar-refractivity contribution >= 4 is 21.7 Å². The molecule has 6 N–H and O–H groups in total. The summed E-state index contributed by atoms with van der Waals surface area (Å²) in [5.41, 5.74) is 13.2. The number of benzene rings is 2. The van der Waals surface area contributed by atoms with E-state index in [9.17, 15) is 17.6 Å². The van der Waals surface area contributed by atoms with E-state index >= 15 is 0 Å². The highest BCUT2D eigenvalue weighted by Crippen LogP contribution is 2.15. The van der Waals surface area contributed by atoms with E-state index in [1.54, 1.807) is 12.1 Å². The highest BCUT2D eigenvalue weighted by atomic mass is 32.2. The summed E-state index contributed by atoms with van der Waals surface area (Å²) < 4.78 is 36.7. The Labute approximate surface area is 188 Å². The summed E-state index contributed by atoms with van der Waals surface area (Å²) in [6, 6.07) is 11.1. The number of carbonyl (C=O) groups is 1. The van der Waals surface area contributed by atoms with E-state index in [4.69, 9.17) is 11.5 Å². The van der Waals surface area contributed by atoms with Crippen LogP contribution in [0.3, 0.4) is 0 Å². The second kappa shape index (κ2) is 11.2. The largest absolute Gasteiger partial charge is 0.354 e. The molecule has 10 heteroatoms. The molecule has 1 amide bonds.